The van der Waals surface area contributed by atoms with Crippen molar-refractivity contribution in [3.63, 3.8) is 0 Å². The number of piperidine rings is 1. The summed E-state index contributed by atoms with van der Waals surface area (Å²) in [4.78, 5) is 28.0. The Morgan fingerprint density at radius 3 is 2.78 bits per heavy atom. The fraction of sp³-hybridized carbons (Fsp3) is 0.556. The molecular weight excluding hydrogens is 292 g/mol. The number of rotatable bonds is 4. The van der Waals surface area contributed by atoms with Crippen LogP contribution in [0.4, 0.5) is 5.69 Å². The van der Waals surface area contributed by atoms with Crippen LogP contribution in [-0.4, -0.2) is 43.5 Å². The summed E-state index contributed by atoms with van der Waals surface area (Å²) in [5.41, 5.74) is 2.11. The Morgan fingerprint density at radius 2 is 2.04 bits per heavy atom. The van der Waals surface area contributed by atoms with Gasteiger partial charge in [0, 0.05) is 25.2 Å². The maximum Gasteiger partial charge on any atom is 0.311 e. The van der Waals surface area contributed by atoms with Crippen LogP contribution in [0.15, 0.2) is 24.3 Å². The van der Waals surface area contributed by atoms with Crippen LogP contribution in [0, 0.1) is 5.92 Å². The van der Waals surface area contributed by atoms with Gasteiger partial charge in [0.2, 0.25) is 5.91 Å². The second kappa shape index (κ2) is 7.13. The van der Waals surface area contributed by atoms with Crippen molar-refractivity contribution >= 4 is 17.6 Å². The SMILES string of the molecule is COC(=O)C1CC(=O)N(c2cccc(CN3CCCCC3)c2)C1. The molecule has 1 atom stereocenters. The summed E-state index contributed by atoms with van der Waals surface area (Å²) in [6.07, 6.45) is 4.10. The Labute approximate surface area is 137 Å². The Kier molecular flexibility index (Phi) is 4.96. The molecule has 2 fully saturated rings. The molecule has 2 saturated heterocycles. The van der Waals surface area contributed by atoms with Gasteiger partial charge in [0.1, 0.15) is 0 Å². The zero-order valence-electron chi connectivity index (χ0n) is 13.7. The van der Waals surface area contributed by atoms with Crippen molar-refractivity contribution in [2.24, 2.45) is 5.92 Å². The molecule has 0 bridgehead atoms. The minimum atomic E-state index is -0.349. The normalized spacial score (nSPS) is 22.4. The van der Waals surface area contributed by atoms with E-state index in [-0.39, 0.29) is 24.2 Å². The fourth-order valence-electron chi connectivity index (χ4n) is 3.48. The number of hydrogen-bond donors (Lipinski definition) is 0. The Morgan fingerprint density at radius 1 is 1.26 bits per heavy atom. The van der Waals surface area contributed by atoms with E-state index in [1.165, 1.54) is 31.9 Å². The average molecular weight is 316 g/mol. The van der Waals surface area contributed by atoms with Gasteiger partial charge in [-0.3, -0.25) is 14.5 Å². The highest BCUT2D eigenvalue weighted by Gasteiger charge is 2.35. The zero-order valence-corrected chi connectivity index (χ0v) is 13.7. The van der Waals surface area contributed by atoms with Gasteiger partial charge >= 0.3 is 5.97 Å². The highest BCUT2D eigenvalue weighted by molar-refractivity contribution is 5.99. The number of benzene rings is 1. The molecule has 0 aliphatic carbocycles. The van der Waals surface area contributed by atoms with Gasteiger partial charge in [-0.15, -0.1) is 0 Å². The second-order valence-electron chi connectivity index (χ2n) is 6.44. The standard InChI is InChI=1S/C18H24N2O3/c1-23-18(22)15-11-17(21)20(13-15)16-7-5-6-14(10-16)12-19-8-3-2-4-9-19/h5-7,10,15H,2-4,8-9,11-13H2,1H3. The molecule has 124 valence electrons. The summed E-state index contributed by atoms with van der Waals surface area (Å²) in [5, 5.41) is 0. The van der Waals surface area contributed by atoms with E-state index in [1.807, 2.05) is 12.1 Å². The number of esters is 1. The van der Waals surface area contributed by atoms with E-state index < -0.39 is 0 Å². The van der Waals surface area contributed by atoms with Crippen LogP contribution in [0.5, 0.6) is 0 Å². The lowest BCUT2D eigenvalue weighted by atomic mass is 10.1. The van der Waals surface area contributed by atoms with Crippen LogP contribution < -0.4 is 4.90 Å². The van der Waals surface area contributed by atoms with Crippen LogP contribution in [0.25, 0.3) is 0 Å². The summed E-state index contributed by atoms with van der Waals surface area (Å²) in [5.74, 6) is -0.654. The first-order valence-electron chi connectivity index (χ1n) is 8.37. The van der Waals surface area contributed by atoms with Crippen LogP contribution in [0.2, 0.25) is 0 Å². The number of hydrogen-bond acceptors (Lipinski definition) is 4. The maximum atomic E-state index is 12.2. The first kappa shape index (κ1) is 16.0. The molecule has 0 aromatic heterocycles. The molecule has 2 aliphatic rings. The second-order valence-corrected chi connectivity index (χ2v) is 6.44. The minimum Gasteiger partial charge on any atom is -0.469 e. The summed E-state index contributed by atoms with van der Waals surface area (Å²) in [6.45, 7) is 3.64. The molecule has 0 spiro atoms. The number of carbonyl (C=O) groups excluding carboxylic acids is 2. The van der Waals surface area contributed by atoms with Crippen LogP contribution in [0.1, 0.15) is 31.2 Å². The van der Waals surface area contributed by atoms with Crippen molar-refractivity contribution in [2.75, 3.05) is 31.6 Å². The van der Waals surface area contributed by atoms with E-state index in [4.69, 9.17) is 4.74 Å². The molecule has 0 saturated carbocycles. The van der Waals surface area contributed by atoms with E-state index in [0.29, 0.717) is 6.54 Å². The number of methoxy groups -OCH3 is 1. The van der Waals surface area contributed by atoms with E-state index in [2.05, 4.69) is 17.0 Å². The van der Waals surface area contributed by atoms with Gasteiger partial charge in [0.25, 0.3) is 0 Å². The molecular formula is C18H24N2O3. The number of ether oxygens (including phenoxy) is 1. The number of amides is 1. The van der Waals surface area contributed by atoms with E-state index in [0.717, 1.165) is 25.3 Å². The van der Waals surface area contributed by atoms with Gasteiger partial charge in [-0.1, -0.05) is 18.6 Å². The summed E-state index contributed by atoms with van der Waals surface area (Å²) < 4.78 is 4.77. The topological polar surface area (TPSA) is 49.9 Å². The average Bonchev–Trinajstić information content (AvgIpc) is 2.97. The summed E-state index contributed by atoms with van der Waals surface area (Å²) in [6, 6.07) is 8.12. The monoisotopic (exact) mass is 316 g/mol. The van der Waals surface area contributed by atoms with Crippen LogP contribution in [0.3, 0.4) is 0 Å². The molecule has 5 heteroatoms. The van der Waals surface area contributed by atoms with E-state index in [9.17, 15) is 9.59 Å². The maximum absolute atomic E-state index is 12.2. The molecule has 1 aromatic rings. The predicted molar refractivity (Wildman–Crippen MR) is 88.0 cm³/mol. The van der Waals surface area contributed by atoms with Crippen molar-refractivity contribution in [3.05, 3.63) is 29.8 Å². The smallest absolute Gasteiger partial charge is 0.311 e. The van der Waals surface area contributed by atoms with Gasteiger partial charge in [-0.25, -0.2) is 0 Å². The highest BCUT2D eigenvalue weighted by atomic mass is 16.5. The molecule has 3 rings (SSSR count). The van der Waals surface area contributed by atoms with Gasteiger partial charge in [0.15, 0.2) is 0 Å². The quantitative estimate of drug-likeness (QED) is 0.799. The molecule has 5 nitrogen and oxygen atoms in total. The lowest BCUT2D eigenvalue weighted by Crippen LogP contribution is -2.29. The lowest BCUT2D eigenvalue weighted by molar-refractivity contribution is -0.145. The molecule has 1 unspecified atom stereocenters. The fourth-order valence-corrected chi connectivity index (χ4v) is 3.48. The molecule has 23 heavy (non-hydrogen) atoms. The van der Waals surface area contributed by atoms with Crippen molar-refractivity contribution in [3.8, 4) is 0 Å². The van der Waals surface area contributed by atoms with E-state index in [1.54, 1.807) is 4.90 Å². The molecule has 0 radical (unpaired) electrons. The number of likely N-dealkylation sites (tertiary alicyclic amines) is 1. The minimum absolute atomic E-state index is 0.00415. The van der Waals surface area contributed by atoms with E-state index >= 15 is 0 Å². The van der Waals surface area contributed by atoms with Gasteiger partial charge < -0.3 is 9.64 Å². The Balaban J connectivity index is 1.69. The van der Waals surface area contributed by atoms with Crippen LogP contribution >= 0.6 is 0 Å². The van der Waals surface area contributed by atoms with Crippen LogP contribution in [-0.2, 0) is 20.9 Å². The van der Waals surface area contributed by atoms with Crippen molar-refractivity contribution in [2.45, 2.75) is 32.2 Å². The molecule has 2 aliphatic heterocycles. The molecule has 0 N–H and O–H groups in total. The number of anilines is 1. The molecule has 1 aromatic carbocycles. The first-order valence-corrected chi connectivity index (χ1v) is 8.37. The third-order valence-corrected chi connectivity index (χ3v) is 4.74. The number of nitrogens with zero attached hydrogens (tertiary/aromatic N) is 2. The molecule has 1 amide bonds. The van der Waals surface area contributed by atoms with Gasteiger partial charge in [-0.05, 0) is 43.6 Å². The highest BCUT2D eigenvalue weighted by Crippen LogP contribution is 2.27. The summed E-state index contributed by atoms with van der Waals surface area (Å²) >= 11 is 0. The van der Waals surface area contributed by atoms with Gasteiger partial charge in [-0.2, -0.15) is 0 Å². The Hall–Kier alpha value is -1.88. The number of carbonyl (C=O) groups is 2. The first-order chi connectivity index (χ1) is 11.2. The third kappa shape index (κ3) is 3.72. The largest absolute Gasteiger partial charge is 0.469 e. The van der Waals surface area contributed by atoms with Crippen molar-refractivity contribution in [1.29, 1.82) is 0 Å². The predicted octanol–water partition coefficient (Wildman–Crippen LogP) is 2.20. The molecule has 2 heterocycles. The van der Waals surface area contributed by atoms with Crippen molar-refractivity contribution in [1.82, 2.24) is 4.90 Å². The summed E-state index contributed by atoms with van der Waals surface area (Å²) in [7, 11) is 1.37. The van der Waals surface area contributed by atoms with Gasteiger partial charge in [0.05, 0.1) is 13.0 Å². The third-order valence-electron chi connectivity index (χ3n) is 4.74. The zero-order chi connectivity index (χ0) is 16.2. The Bertz CT molecular complexity index is 581. The lowest BCUT2D eigenvalue weighted by Gasteiger charge is -2.27. The van der Waals surface area contributed by atoms with Crippen molar-refractivity contribution < 1.29 is 14.3 Å².